The number of benzene rings is 1. The van der Waals surface area contributed by atoms with Crippen molar-refractivity contribution in [2.24, 2.45) is 0 Å². The smallest absolute Gasteiger partial charge is 0.268 e. The molecule has 0 bridgehead atoms. The van der Waals surface area contributed by atoms with E-state index < -0.39 is 11.2 Å². The molecule has 3 aromatic heterocycles. The SMILES string of the molecule is CN(C)CCNc1ccc(-c2nnc(-c3cncc(-c4ccnc(C(C)(C)C#N)c4)n3)o2)c(F)c1. The summed E-state index contributed by atoms with van der Waals surface area (Å²) in [6.45, 7) is 5.12. The molecule has 0 spiro atoms. The Morgan fingerprint density at radius 3 is 2.60 bits per heavy atom. The van der Waals surface area contributed by atoms with Crippen LogP contribution < -0.4 is 5.32 Å². The van der Waals surface area contributed by atoms with E-state index in [0.29, 0.717) is 29.3 Å². The molecule has 9 nitrogen and oxygen atoms in total. The molecule has 178 valence electrons. The van der Waals surface area contributed by atoms with Gasteiger partial charge in [-0.2, -0.15) is 5.26 Å². The zero-order chi connectivity index (χ0) is 25.0. The lowest BCUT2D eigenvalue weighted by atomic mass is 9.90. The number of nitriles is 1. The van der Waals surface area contributed by atoms with Gasteiger partial charge in [0.1, 0.15) is 11.5 Å². The summed E-state index contributed by atoms with van der Waals surface area (Å²) in [6.07, 6.45) is 4.72. The average molecular weight is 473 g/mol. The summed E-state index contributed by atoms with van der Waals surface area (Å²) in [7, 11) is 3.95. The van der Waals surface area contributed by atoms with Crippen LogP contribution in [-0.4, -0.2) is 57.2 Å². The van der Waals surface area contributed by atoms with Crippen LogP contribution in [0.2, 0.25) is 0 Å². The van der Waals surface area contributed by atoms with E-state index in [1.54, 1.807) is 50.5 Å². The van der Waals surface area contributed by atoms with Gasteiger partial charge in [-0.1, -0.05) is 0 Å². The van der Waals surface area contributed by atoms with Crippen LogP contribution in [-0.2, 0) is 5.41 Å². The summed E-state index contributed by atoms with van der Waals surface area (Å²) in [5, 5.41) is 20.6. The number of likely N-dealkylation sites (N-methyl/N-ethyl adjacent to an activating group) is 1. The molecule has 0 amide bonds. The van der Waals surface area contributed by atoms with Gasteiger partial charge in [0.05, 0.1) is 40.8 Å². The van der Waals surface area contributed by atoms with Gasteiger partial charge < -0.3 is 14.6 Å². The quantitative estimate of drug-likeness (QED) is 0.403. The number of nitrogens with one attached hydrogen (secondary N) is 1. The zero-order valence-electron chi connectivity index (χ0n) is 19.9. The molecule has 0 aliphatic carbocycles. The lowest BCUT2D eigenvalue weighted by Crippen LogP contribution is -2.20. The maximum absolute atomic E-state index is 14.7. The maximum Gasteiger partial charge on any atom is 0.268 e. The Labute approximate surface area is 202 Å². The standard InChI is InChI=1S/C25H25FN8O/c1-25(2,15-27)22-11-16(7-8-30-22)20-13-28-14-21(31-20)24-33-32-23(35-24)18-6-5-17(12-19(18)26)29-9-10-34(3)4/h5-8,11-14,29H,9-10H2,1-4H3. The Bertz CT molecular complexity index is 1380. The second kappa shape index (κ2) is 9.95. The molecule has 0 radical (unpaired) electrons. The number of anilines is 1. The molecule has 0 atom stereocenters. The number of hydrogen-bond donors (Lipinski definition) is 1. The molecule has 0 fully saturated rings. The average Bonchev–Trinajstić information content (AvgIpc) is 3.34. The molecule has 4 rings (SSSR count). The number of pyridine rings is 1. The van der Waals surface area contributed by atoms with Crippen molar-refractivity contribution in [2.75, 3.05) is 32.5 Å². The largest absolute Gasteiger partial charge is 0.414 e. The first-order valence-corrected chi connectivity index (χ1v) is 11.0. The van der Waals surface area contributed by atoms with Crippen molar-refractivity contribution in [2.45, 2.75) is 19.3 Å². The van der Waals surface area contributed by atoms with Crippen LogP contribution in [0.5, 0.6) is 0 Å². The van der Waals surface area contributed by atoms with Crippen molar-refractivity contribution in [3.8, 4) is 40.4 Å². The molecule has 35 heavy (non-hydrogen) atoms. The van der Waals surface area contributed by atoms with E-state index in [2.05, 4.69) is 36.5 Å². The predicted octanol–water partition coefficient (Wildman–Crippen LogP) is 4.17. The number of nitrogens with zero attached hydrogens (tertiary/aromatic N) is 7. The Morgan fingerprint density at radius 2 is 1.86 bits per heavy atom. The van der Waals surface area contributed by atoms with Crippen LogP contribution in [0.15, 0.2) is 53.3 Å². The highest BCUT2D eigenvalue weighted by atomic mass is 19.1. The van der Waals surface area contributed by atoms with Gasteiger partial charge in [-0.15, -0.1) is 10.2 Å². The Morgan fingerprint density at radius 1 is 1.09 bits per heavy atom. The summed E-state index contributed by atoms with van der Waals surface area (Å²) < 4.78 is 20.5. The molecular weight excluding hydrogens is 447 g/mol. The van der Waals surface area contributed by atoms with Gasteiger partial charge in [0.2, 0.25) is 0 Å². The van der Waals surface area contributed by atoms with Crippen molar-refractivity contribution in [1.29, 1.82) is 5.26 Å². The molecule has 1 N–H and O–H groups in total. The highest BCUT2D eigenvalue weighted by Gasteiger charge is 2.22. The first kappa shape index (κ1) is 23.9. The van der Waals surface area contributed by atoms with Gasteiger partial charge in [-0.05, 0) is 58.3 Å². The molecule has 0 aliphatic rings. The molecule has 0 saturated heterocycles. The van der Waals surface area contributed by atoms with E-state index in [0.717, 1.165) is 12.1 Å². The third-order valence-electron chi connectivity index (χ3n) is 5.34. The fourth-order valence-corrected chi connectivity index (χ4v) is 3.25. The van der Waals surface area contributed by atoms with E-state index in [4.69, 9.17) is 4.42 Å². The van der Waals surface area contributed by atoms with Crippen molar-refractivity contribution < 1.29 is 8.81 Å². The maximum atomic E-state index is 14.7. The van der Waals surface area contributed by atoms with Crippen LogP contribution in [0.3, 0.4) is 0 Å². The minimum absolute atomic E-state index is 0.0477. The highest BCUT2D eigenvalue weighted by Crippen LogP contribution is 2.29. The minimum atomic E-state index is -0.746. The lowest BCUT2D eigenvalue weighted by Gasteiger charge is -2.15. The number of rotatable bonds is 8. The number of aromatic nitrogens is 5. The van der Waals surface area contributed by atoms with E-state index in [1.165, 1.54) is 12.3 Å². The van der Waals surface area contributed by atoms with Crippen molar-refractivity contribution in [1.82, 2.24) is 30.0 Å². The molecule has 10 heteroatoms. The summed E-state index contributed by atoms with van der Waals surface area (Å²) in [4.78, 5) is 15.2. The van der Waals surface area contributed by atoms with E-state index >= 15 is 0 Å². The lowest BCUT2D eigenvalue weighted by molar-refractivity contribution is 0.425. The van der Waals surface area contributed by atoms with Crippen LogP contribution >= 0.6 is 0 Å². The van der Waals surface area contributed by atoms with Crippen LogP contribution in [0, 0.1) is 17.1 Å². The third kappa shape index (κ3) is 5.47. The molecule has 1 aromatic carbocycles. The zero-order valence-corrected chi connectivity index (χ0v) is 19.9. The summed E-state index contributed by atoms with van der Waals surface area (Å²) in [5.74, 6) is -0.306. The molecule has 0 saturated carbocycles. The summed E-state index contributed by atoms with van der Waals surface area (Å²) >= 11 is 0. The van der Waals surface area contributed by atoms with Gasteiger partial charge in [0, 0.05) is 30.5 Å². The van der Waals surface area contributed by atoms with Gasteiger partial charge >= 0.3 is 0 Å². The van der Waals surface area contributed by atoms with Gasteiger partial charge in [0.15, 0.2) is 0 Å². The molecule has 0 unspecified atom stereocenters. The summed E-state index contributed by atoms with van der Waals surface area (Å²) in [5.41, 5.74) is 2.40. The molecular formula is C25H25FN8O. The predicted molar refractivity (Wildman–Crippen MR) is 130 cm³/mol. The van der Waals surface area contributed by atoms with Crippen LogP contribution in [0.25, 0.3) is 34.3 Å². The van der Waals surface area contributed by atoms with Crippen LogP contribution in [0.4, 0.5) is 10.1 Å². The van der Waals surface area contributed by atoms with E-state index in [1.807, 2.05) is 19.0 Å². The third-order valence-corrected chi connectivity index (χ3v) is 5.34. The van der Waals surface area contributed by atoms with Crippen molar-refractivity contribution >= 4 is 5.69 Å². The number of hydrogen-bond acceptors (Lipinski definition) is 9. The second-order valence-corrected chi connectivity index (χ2v) is 8.79. The van der Waals surface area contributed by atoms with Gasteiger partial charge in [-0.3, -0.25) is 9.97 Å². The number of halogens is 1. The normalized spacial score (nSPS) is 11.5. The molecule has 4 aromatic rings. The van der Waals surface area contributed by atoms with Gasteiger partial charge in [0.25, 0.3) is 11.8 Å². The topological polar surface area (TPSA) is 117 Å². The molecule has 3 heterocycles. The van der Waals surface area contributed by atoms with Crippen molar-refractivity contribution in [3.05, 3.63) is 60.4 Å². The Balaban J connectivity index is 1.57. The van der Waals surface area contributed by atoms with Crippen LogP contribution in [0.1, 0.15) is 19.5 Å². The van der Waals surface area contributed by atoms with Crippen molar-refractivity contribution in [3.63, 3.8) is 0 Å². The molecule has 0 aliphatic heterocycles. The first-order chi connectivity index (χ1) is 16.8. The Kier molecular flexibility index (Phi) is 6.80. The first-order valence-electron chi connectivity index (χ1n) is 11.0. The van der Waals surface area contributed by atoms with E-state index in [-0.39, 0.29) is 17.3 Å². The summed E-state index contributed by atoms with van der Waals surface area (Å²) in [6, 6.07) is 10.6. The van der Waals surface area contributed by atoms with Gasteiger partial charge in [-0.25, -0.2) is 9.37 Å². The minimum Gasteiger partial charge on any atom is -0.414 e. The fraction of sp³-hybridized carbons (Fsp3) is 0.280. The highest BCUT2D eigenvalue weighted by molar-refractivity contribution is 5.63. The Hall–Kier alpha value is -4.23. The second-order valence-electron chi connectivity index (χ2n) is 8.79. The monoisotopic (exact) mass is 472 g/mol. The van der Waals surface area contributed by atoms with E-state index in [9.17, 15) is 9.65 Å². The fourth-order valence-electron chi connectivity index (χ4n) is 3.25.